The van der Waals surface area contributed by atoms with E-state index >= 15 is 0 Å². The van der Waals surface area contributed by atoms with E-state index in [0.717, 1.165) is 23.5 Å². The molecule has 0 bridgehead atoms. The van der Waals surface area contributed by atoms with Crippen LogP contribution in [-0.4, -0.2) is 52.2 Å². The van der Waals surface area contributed by atoms with Crippen molar-refractivity contribution in [3.63, 3.8) is 0 Å². The maximum Gasteiger partial charge on any atom is 0.227 e. The maximum absolute atomic E-state index is 10.5. The fraction of sp³-hybridized carbons (Fsp3) is 0.423. The molecule has 0 aliphatic carbocycles. The molecule has 6 nitrogen and oxygen atoms in total. The van der Waals surface area contributed by atoms with Gasteiger partial charge in [0.05, 0.1) is 29.7 Å². The predicted molar refractivity (Wildman–Crippen MR) is 132 cm³/mol. The SMILES string of the molecule is CCOC[C@@H](O)CN(Cc1c(C)nn(-c2ccccc2)c1Oc1ccc(Cl)cc1)CC(C)C. The van der Waals surface area contributed by atoms with Gasteiger partial charge < -0.3 is 14.6 Å². The van der Waals surface area contributed by atoms with Crippen molar-refractivity contribution in [3.8, 4) is 17.3 Å². The van der Waals surface area contributed by atoms with Crippen molar-refractivity contribution in [2.45, 2.75) is 40.3 Å². The number of nitrogens with zero attached hydrogens (tertiary/aromatic N) is 3. The van der Waals surface area contributed by atoms with Crippen molar-refractivity contribution >= 4 is 11.6 Å². The summed E-state index contributed by atoms with van der Waals surface area (Å²) in [4.78, 5) is 2.24. The van der Waals surface area contributed by atoms with E-state index in [-0.39, 0.29) is 0 Å². The van der Waals surface area contributed by atoms with Crippen LogP contribution >= 0.6 is 11.6 Å². The number of ether oxygens (including phenoxy) is 2. The fourth-order valence-electron chi connectivity index (χ4n) is 3.73. The first-order chi connectivity index (χ1) is 15.9. The summed E-state index contributed by atoms with van der Waals surface area (Å²) in [6.45, 7) is 11.1. The van der Waals surface area contributed by atoms with Crippen LogP contribution < -0.4 is 4.74 Å². The average molecular weight is 472 g/mol. The molecule has 0 aliphatic heterocycles. The van der Waals surface area contributed by atoms with Crippen LogP contribution in [0, 0.1) is 12.8 Å². The van der Waals surface area contributed by atoms with Crippen molar-refractivity contribution in [2.75, 3.05) is 26.3 Å². The fourth-order valence-corrected chi connectivity index (χ4v) is 3.86. The number of hydrogen-bond acceptors (Lipinski definition) is 5. The second kappa shape index (κ2) is 12.2. The molecule has 1 heterocycles. The zero-order chi connectivity index (χ0) is 23.8. The van der Waals surface area contributed by atoms with Gasteiger partial charge in [0, 0.05) is 31.3 Å². The minimum atomic E-state index is -0.561. The van der Waals surface area contributed by atoms with Gasteiger partial charge in [-0.1, -0.05) is 43.6 Å². The minimum absolute atomic E-state index is 0.321. The van der Waals surface area contributed by atoms with Crippen LogP contribution in [0.15, 0.2) is 54.6 Å². The number of hydrogen-bond donors (Lipinski definition) is 1. The largest absolute Gasteiger partial charge is 0.439 e. The number of benzene rings is 2. The smallest absolute Gasteiger partial charge is 0.227 e. The Morgan fingerprint density at radius 3 is 2.39 bits per heavy atom. The zero-order valence-electron chi connectivity index (χ0n) is 19.9. The summed E-state index contributed by atoms with van der Waals surface area (Å²) in [5.41, 5.74) is 2.79. The van der Waals surface area contributed by atoms with Crippen molar-refractivity contribution in [3.05, 3.63) is 70.9 Å². The Balaban J connectivity index is 1.96. The van der Waals surface area contributed by atoms with E-state index in [1.54, 1.807) is 0 Å². The molecule has 0 radical (unpaired) electrons. The second-order valence-electron chi connectivity index (χ2n) is 8.57. The van der Waals surface area contributed by atoms with Crippen molar-refractivity contribution < 1.29 is 14.6 Å². The summed E-state index contributed by atoms with van der Waals surface area (Å²) in [5.74, 6) is 1.79. The highest BCUT2D eigenvalue weighted by molar-refractivity contribution is 6.30. The second-order valence-corrected chi connectivity index (χ2v) is 9.01. The third-order valence-electron chi connectivity index (χ3n) is 5.15. The van der Waals surface area contributed by atoms with E-state index in [0.29, 0.717) is 48.9 Å². The molecule has 1 N–H and O–H groups in total. The standard InChI is InChI=1S/C26H34ClN3O3/c1-5-32-18-23(31)16-29(15-19(2)3)17-25-20(4)28-30(22-9-7-6-8-10-22)26(25)33-24-13-11-21(27)12-14-24/h6-14,19,23,31H,5,15-18H2,1-4H3/t23-/m0/s1. The predicted octanol–water partition coefficient (Wildman–Crippen LogP) is 5.48. The Kier molecular flexibility index (Phi) is 9.32. The van der Waals surface area contributed by atoms with E-state index in [2.05, 4.69) is 18.7 Å². The number of aliphatic hydroxyl groups is 1. The van der Waals surface area contributed by atoms with Gasteiger partial charge in [-0.3, -0.25) is 4.90 Å². The lowest BCUT2D eigenvalue weighted by Crippen LogP contribution is -2.37. The Morgan fingerprint density at radius 1 is 1.06 bits per heavy atom. The molecule has 0 saturated heterocycles. The molecular formula is C26H34ClN3O3. The highest BCUT2D eigenvalue weighted by Crippen LogP contribution is 2.32. The lowest BCUT2D eigenvalue weighted by atomic mass is 10.1. The van der Waals surface area contributed by atoms with E-state index in [4.69, 9.17) is 26.2 Å². The van der Waals surface area contributed by atoms with Crippen molar-refractivity contribution in [1.29, 1.82) is 0 Å². The minimum Gasteiger partial charge on any atom is -0.439 e. The molecule has 0 spiro atoms. The molecule has 1 aromatic heterocycles. The van der Waals surface area contributed by atoms with E-state index in [9.17, 15) is 5.11 Å². The van der Waals surface area contributed by atoms with Crippen LogP contribution in [0.1, 0.15) is 32.0 Å². The van der Waals surface area contributed by atoms with Gasteiger partial charge in [0.15, 0.2) is 0 Å². The van der Waals surface area contributed by atoms with Crippen LogP contribution in [-0.2, 0) is 11.3 Å². The Labute approximate surface area is 201 Å². The van der Waals surface area contributed by atoms with Crippen molar-refractivity contribution in [2.24, 2.45) is 5.92 Å². The van der Waals surface area contributed by atoms with Gasteiger partial charge >= 0.3 is 0 Å². The average Bonchev–Trinajstić information content (AvgIpc) is 3.09. The van der Waals surface area contributed by atoms with Gasteiger partial charge in [-0.2, -0.15) is 5.10 Å². The highest BCUT2D eigenvalue weighted by Gasteiger charge is 2.23. The first-order valence-electron chi connectivity index (χ1n) is 11.4. The molecule has 7 heteroatoms. The van der Waals surface area contributed by atoms with Gasteiger partial charge in [0.1, 0.15) is 5.75 Å². The van der Waals surface area contributed by atoms with Gasteiger partial charge in [0.2, 0.25) is 5.88 Å². The normalized spacial score (nSPS) is 12.5. The number of aliphatic hydroxyl groups excluding tert-OH is 1. The molecule has 0 aliphatic rings. The van der Waals surface area contributed by atoms with Crippen LogP contribution in [0.2, 0.25) is 5.02 Å². The summed E-state index contributed by atoms with van der Waals surface area (Å²) >= 11 is 6.07. The van der Waals surface area contributed by atoms with Crippen LogP contribution in [0.25, 0.3) is 5.69 Å². The molecule has 0 unspecified atom stereocenters. The molecule has 0 amide bonds. The number of rotatable bonds is 12. The first-order valence-corrected chi connectivity index (χ1v) is 11.8. The number of halogens is 1. The lowest BCUT2D eigenvalue weighted by molar-refractivity contribution is 0.0173. The quantitative estimate of drug-likeness (QED) is 0.379. The number of aryl methyl sites for hydroxylation is 1. The van der Waals surface area contributed by atoms with E-state index in [1.807, 2.05) is 73.1 Å². The molecule has 0 saturated carbocycles. The third kappa shape index (κ3) is 7.30. The topological polar surface area (TPSA) is 59.8 Å². The summed E-state index contributed by atoms with van der Waals surface area (Å²) in [6.07, 6.45) is -0.561. The van der Waals surface area contributed by atoms with Gasteiger partial charge in [-0.15, -0.1) is 0 Å². The summed E-state index contributed by atoms with van der Waals surface area (Å²) in [5, 5.41) is 16.0. The molecule has 3 rings (SSSR count). The number of aromatic nitrogens is 2. The third-order valence-corrected chi connectivity index (χ3v) is 5.41. The first kappa shape index (κ1) is 25.2. The molecule has 0 fully saturated rings. The monoisotopic (exact) mass is 471 g/mol. The molecule has 178 valence electrons. The molecule has 3 aromatic rings. The van der Waals surface area contributed by atoms with E-state index in [1.165, 1.54) is 0 Å². The molecule has 33 heavy (non-hydrogen) atoms. The van der Waals surface area contributed by atoms with Crippen LogP contribution in [0.4, 0.5) is 0 Å². The highest BCUT2D eigenvalue weighted by atomic mass is 35.5. The summed E-state index contributed by atoms with van der Waals surface area (Å²) in [7, 11) is 0. The van der Waals surface area contributed by atoms with Crippen LogP contribution in [0.3, 0.4) is 0 Å². The van der Waals surface area contributed by atoms with Crippen molar-refractivity contribution in [1.82, 2.24) is 14.7 Å². The lowest BCUT2D eigenvalue weighted by Gasteiger charge is -2.27. The zero-order valence-corrected chi connectivity index (χ0v) is 20.6. The summed E-state index contributed by atoms with van der Waals surface area (Å²) in [6, 6.07) is 17.3. The Bertz CT molecular complexity index is 990. The van der Waals surface area contributed by atoms with Crippen LogP contribution in [0.5, 0.6) is 11.6 Å². The molecule has 1 atom stereocenters. The maximum atomic E-state index is 10.5. The molecular weight excluding hydrogens is 438 g/mol. The van der Waals surface area contributed by atoms with Gasteiger partial charge in [-0.05, 0) is 56.2 Å². The number of para-hydroxylation sites is 1. The van der Waals surface area contributed by atoms with Gasteiger partial charge in [0.25, 0.3) is 0 Å². The Hall–Kier alpha value is -2.38. The van der Waals surface area contributed by atoms with Gasteiger partial charge in [-0.25, -0.2) is 4.68 Å². The summed E-state index contributed by atoms with van der Waals surface area (Å²) < 4.78 is 13.6. The molecule has 2 aromatic carbocycles. The van der Waals surface area contributed by atoms with E-state index < -0.39 is 6.10 Å². The Morgan fingerprint density at radius 2 is 1.76 bits per heavy atom.